The lowest BCUT2D eigenvalue weighted by Crippen LogP contribution is -2.12. The third kappa shape index (κ3) is 3.96. The molecule has 2 aromatic carbocycles. The van der Waals surface area contributed by atoms with Crippen LogP contribution in [0.25, 0.3) is 11.0 Å². The van der Waals surface area contributed by atoms with Crippen LogP contribution in [0.5, 0.6) is 11.5 Å². The van der Waals surface area contributed by atoms with E-state index in [2.05, 4.69) is 15.9 Å². The number of hydrogen-bond acceptors (Lipinski definition) is 5. The third-order valence-electron chi connectivity index (χ3n) is 3.73. The van der Waals surface area contributed by atoms with Gasteiger partial charge >= 0.3 is 5.97 Å². The second-order valence-electron chi connectivity index (χ2n) is 5.36. The highest BCUT2D eigenvalue weighted by atomic mass is 79.9. The average molecular weight is 405 g/mol. The fourth-order valence-electron chi connectivity index (χ4n) is 2.41. The predicted molar refractivity (Wildman–Crippen MR) is 97.4 cm³/mol. The standard InChI is InChI=1S/C19H17BrO5/c1-12-16-11-15(22-2)7-8-17(16)25-18(12)19(21)24-10-9-23-14-5-3-13(20)4-6-14/h3-8,11H,9-10H2,1-2H3. The fourth-order valence-corrected chi connectivity index (χ4v) is 2.68. The Bertz CT molecular complexity index is 883. The molecule has 3 rings (SSSR count). The number of fused-ring (bicyclic) bond motifs is 1. The summed E-state index contributed by atoms with van der Waals surface area (Å²) in [5.41, 5.74) is 1.35. The zero-order chi connectivity index (χ0) is 17.8. The smallest absolute Gasteiger partial charge is 0.374 e. The Morgan fingerprint density at radius 3 is 2.52 bits per heavy atom. The quantitative estimate of drug-likeness (QED) is 0.438. The van der Waals surface area contributed by atoms with E-state index in [1.807, 2.05) is 37.3 Å². The van der Waals surface area contributed by atoms with Crippen LogP contribution >= 0.6 is 15.9 Å². The molecule has 3 aromatic rings. The number of benzene rings is 2. The molecule has 0 bridgehead atoms. The molecule has 6 heteroatoms. The minimum Gasteiger partial charge on any atom is -0.497 e. The highest BCUT2D eigenvalue weighted by Crippen LogP contribution is 2.29. The largest absolute Gasteiger partial charge is 0.497 e. The number of carbonyl (C=O) groups excluding carboxylic acids is 1. The molecule has 0 fully saturated rings. The van der Waals surface area contributed by atoms with Crippen molar-refractivity contribution in [2.24, 2.45) is 0 Å². The topological polar surface area (TPSA) is 57.9 Å². The van der Waals surface area contributed by atoms with E-state index < -0.39 is 5.97 Å². The zero-order valence-electron chi connectivity index (χ0n) is 13.9. The fraction of sp³-hybridized carbons (Fsp3) is 0.211. The number of furan rings is 1. The number of halogens is 1. The molecule has 130 valence electrons. The molecule has 1 aromatic heterocycles. The van der Waals surface area contributed by atoms with Gasteiger partial charge in [0.2, 0.25) is 5.76 Å². The van der Waals surface area contributed by atoms with Gasteiger partial charge < -0.3 is 18.6 Å². The van der Waals surface area contributed by atoms with E-state index >= 15 is 0 Å². The zero-order valence-corrected chi connectivity index (χ0v) is 15.5. The van der Waals surface area contributed by atoms with Gasteiger partial charge in [-0.3, -0.25) is 0 Å². The van der Waals surface area contributed by atoms with Gasteiger partial charge in [0.05, 0.1) is 7.11 Å². The SMILES string of the molecule is COc1ccc2oc(C(=O)OCCOc3ccc(Br)cc3)c(C)c2c1. The number of aryl methyl sites for hydroxylation is 1. The van der Waals surface area contributed by atoms with Crippen molar-refractivity contribution in [3.05, 3.63) is 58.3 Å². The summed E-state index contributed by atoms with van der Waals surface area (Å²) in [5, 5.41) is 0.831. The Labute approximate surface area is 153 Å². The van der Waals surface area contributed by atoms with Gasteiger partial charge in [-0.15, -0.1) is 0 Å². The van der Waals surface area contributed by atoms with E-state index in [4.69, 9.17) is 18.6 Å². The maximum atomic E-state index is 12.2. The Kier molecular flexibility index (Phi) is 5.28. The van der Waals surface area contributed by atoms with Crippen LogP contribution in [0.4, 0.5) is 0 Å². The third-order valence-corrected chi connectivity index (χ3v) is 4.26. The summed E-state index contributed by atoms with van der Waals surface area (Å²) < 4.78 is 22.6. The second-order valence-corrected chi connectivity index (χ2v) is 6.27. The minimum atomic E-state index is -0.507. The normalized spacial score (nSPS) is 10.7. The van der Waals surface area contributed by atoms with Crippen LogP contribution in [0.3, 0.4) is 0 Å². The molecule has 0 aliphatic carbocycles. The van der Waals surface area contributed by atoms with Gasteiger partial charge in [0, 0.05) is 15.4 Å². The van der Waals surface area contributed by atoms with E-state index in [1.54, 1.807) is 19.2 Å². The van der Waals surface area contributed by atoms with E-state index in [1.165, 1.54) is 0 Å². The number of rotatable bonds is 6. The molecule has 25 heavy (non-hydrogen) atoms. The van der Waals surface area contributed by atoms with Crippen LogP contribution in [0.1, 0.15) is 16.1 Å². The maximum absolute atomic E-state index is 12.2. The van der Waals surface area contributed by atoms with Crippen molar-refractivity contribution < 1.29 is 23.4 Å². The van der Waals surface area contributed by atoms with Crippen LogP contribution in [-0.2, 0) is 4.74 Å². The summed E-state index contributed by atoms with van der Waals surface area (Å²) in [6.07, 6.45) is 0. The van der Waals surface area contributed by atoms with Gasteiger partial charge in [-0.25, -0.2) is 4.79 Å². The Hall–Kier alpha value is -2.47. The van der Waals surface area contributed by atoms with Crippen molar-refractivity contribution >= 4 is 32.9 Å². The number of carbonyl (C=O) groups is 1. The first-order valence-corrected chi connectivity index (χ1v) is 8.50. The lowest BCUT2D eigenvalue weighted by atomic mass is 10.1. The number of hydrogen-bond donors (Lipinski definition) is 0. The molecule has 0 aliphatic rings. The minimum absolute atomic E-state index is 0.134. The lowest BCUT2D eigenvalue weighted by Gasteiger charge is -2.07. The summed E-state index contributed by atoms with van der Waals surface area (Å²) >= 11 is 3.36. The van der Waals surface area contributed by atoms with Crippen LogP contribution in [0.2, 0.25) is 0 Å². The van der Waals surface area contributed by atoms with Crippen LogP contribution in [0, 0.1) is 6.92 Å². The van der Waals surface area contributed by atoms with Crippen molar-refractivity contribution in [3.8, 4) is 11.5 Å². The Morgan fingerprint density at radius 1 is 1.08 bits per heavy atom. The van der Waals surface area contributed by atoms with E-state index in [-0.39, 0.29) is 19.0 Å². The van der Waals surface area contributed by atoms with Gasteiger partial charge in [-0.2, -0.15) is 0 Å². The molecule has 0 unspecified atom stereocenters. The molecule has 0 atom stereocenters. The summed E-state index contributed by atoms with van der Waals surface area (Å²) in [6.45, 7) is 2.22. The van der Waals surface area contributed by atoms with Gasteiger partial charge in [-0.05, 0) is 49.4 Å². The summed E-state index contributed by atoms with van der Waals surface area (Å²) in [6, 6.07) is 12.8. The Morgan fingerprint density at radius 2 is 1.80 bits per heavy atom. The van der Waals surface area contributed by atoms with Crippen LogP contribution < -0.4 is 9.47 Å². The van der Waals surface area contributed by atoms with Crippen molar-refractivity contribution in [2.45, 2.75) is 6.92 Å². The molecule has 0 amide bonds. The molecule has 5 nitrogen and oxygen atoms in total. The van der Waals surface area contributed by atoms with Crippen LogP contribution in [-0.4, -0.2) is 26.3 Å². The first-order valence-electron chi connectivity index (χ1n) is 7.71. The first kappa shape index (κ1) is 17.4. The van der Waals surface area contributed by atoms with E-state index in [9.17, 15) is 4.79 Å². The molecule has 0 N–H and O–H groups in total. The first-order chi connectivity index (χ1) is 12.1. The van der Waals surface area contributed by atoms with E-state index in [0.717, 1.165) is 15.4 Å². The van der Waals surface area contributed by atoms with Crippen molar-refractivity contribution in [3.63, 3.8) is 0 Å². The van der Waals surface area contributed by atoms with Gasteiger partial charge in [0.15, 0.2) is 0 Å². The maximum Gasteiger partial charge on any atom is 0.374 e. The Balaban J connectivity index is 1.60. The molecule has 0 saturated carbocycles. The monoisotopic (exact) mass is 404 g/mol. The molecule has 0 aliphatic heterocycles. The molecular formula is C19H17BrO5. The number of methoxy groups -OCH3 is 1. The highest BCUT2D eigenvalue weighted by Gasteiger charge is 2.19. The van der Waals surface area contributed by atoms with Crippen molar-refractivity contribution in [1.29, 1.82) is 0 Å². The molecule has 1 heterocycles. The molecule has 0 spiro atoms. The molecule has 0 radical (unpaired) electrons. The highest BCUT2D eigenvalue weighted by molar-refractivity contribution is 9.10. The molecule has 0 saturated heterocycles. The summed E-state index contributed by atoms with van der Waals surface area (Å²) in [5.74, 6) is 1.12. The van der Waals surface area contributed by atoms with Crippen molar-refractivity contribution in [2.75, 3.05) is 20.3 Å². The number of esters is 1. The van der Waals surface area contributed by atoms with Gasteiger partial charge in [0.25, 0.3) is 0 Å². The van der Waals surface area contributed by atoms with Crippen LogP contribution in [0.15, 0.2) is 51.4 Å². The second kappa shape index (κ2) is 7.61. The summed E-state index contributed by atoms with van der Waals surface area (Å²) in [7, 11) is 1.59. The number of ether oxygens (including phenoxy) is 3. The van der Waals surface area contributed by atoms with E-state index in [0.29, 0.717) is 17.1 Å². The average Bonchev–Trinajstić information content (AvgIpc) is 2.96. The molecular weight excluding hydrogens is 388 g/mol. The lowest BCUT2D eigenvalue weighted by molar-refractivity contribution is 0.0416. The van der Waals surface area contributed by atoms with Gasteiger partial charge in [0.1, 0.15) is 30.3 Å². The van der Waals surface area contributed by atoms with Crippen molar-refractivity contribution in [1.82, 2.24) is 0 Å². The predicted octanol–water partition coefficient (Wildman–Crippen LogP) is 4.75. The summed E-state index contributed by atoms with van der Waals surface area (Å²) in [4.78, 5) is 12.2. The van der Waals surface area contributed by atoms with Gasteiger partial charge in [-0.1, -0.05) is 15.9 Å².